The quantitative estimate of drug-likeness (QED) is 0.660. The molecule has 0 bridgehead atoms. The largest absolute Gasteiger partial charge is 0.394 e. The number of aromatic nitrogens is 2. The van der Waals surface area contributed by atoms with Crippen molar-refractivity contribution in [1.82, 2.24) is 15.3 Å². The van der Waals surface area contributed by atoms with E-state index < -0.39 is 0 Å². The first-order chi connectivity index (χ1) is 8.94. The fourth-order valence-corrected chi connectivity index (χ4v) is 2.06. The molecule has 6 heteroatoms. The van der Waals surface area contributed by atoms with E-state index in [1.165, 1.54) is 0 Å². The Morgan fingerprint density at radius 2 is 2.00 bits per heavy atom. The van der Waals surface area contributed by atoms with Crippen molar-refractivity contribution >= 4 is 17.5 Å². The zero-order valence-corrected chi connectivity index (χ0v) is 12.0. The minimum atomic E-state index is -0.0673. The molecule has 0 amide bonds. The maximum atomic E-state index is 5.94. The Morgan fingerprint density at radius 1 is 1.32 bits per heavy atom. The normalized spacial score (nSPS) is 17.2. The molecule has 106 valence electrons. The first kappa shape index (κ1) is 13.9. The highest BCUT2D eigenvalue weighted by Gasteiger charge is 2.16. The Bertz CT molecular complexity index is 420. The average molecular weight is 264 g/mol. The van der Waals surface area contributed by atoms with Crippen molar-refractivity contribution < 1.29 is 0 Å². The molecule has 0 aliphatic carbocycles. The van der Waals surface area contributed by atoms with E-state index in [2.05, 4.69) is 46.7 Å². The van der Waals surface area contributed by atoms with Crippen LogP contribution >= 0.6 is 0 Å². The highest BCUT2D eigenvalue weighted by atomic mass is 15.2. The van der Waals surface area contributed by atoms with Crippen LogP contribution in [0, 0.1) is 0 Å². The topological polar surface area (TPSA) is 87.9 Å². The molecule has 0 spiro atoms. The van der Waals surface area contributed by atoms with Gasteiger partial charge in [-0.3, -0.25) is 0 Å². The molecule has 2 heterocycles. The summed E-state index contributed by atoms with van der Waals surface area (Å²) in [4.78, 5) is 8.69. The molecule has 0 unspecified atom stereocenters. The zero-order valence-electron chi connectivity index (χ0n) is 12.0. The van der Waals surface area contributed by atoms with Gasteiger partial charge in [-0.25, -0.2) is 4.98 Å². The maximum absolute atomic E-state index is 5.94. The second-order valence-electron chi connectivity index (χ2n) is 6.04. The van der Waals surface area contributed by atoms with Crippen LogP contribution in [0.3, 0.4) is 0 Å². The zero-order chi connectivity index (χ0) is 13.9. The van der Waals surface area contributed by atoms with E-state index in [-0.39, 0.29) is 5.54 Å². The average Bonchev–Trinajstić information content (AvgIpc) is 2.33. The molecular formula is C13H24N6. The summed E-state index contributed by atoms with van der Waals surface area (Å²) in [6.45, 7) is 8.30. The molecule has 1 saturated heterocycles. The Labute approximate surface area is 114 Å². The predicted molar refractivity (Wildman–Crippen MR) is 79.3 cm³/mol. The molecule has 1 aliphatic heterocycles. The summed E-state index contributed by atoms with van der Waals surface area (Å²) in [5, 5.41) is 10.0. The van der Waals surface area contributed by atoms with Gasteiger partial charge < -0.3 is 21.7 Å². The fourth-order valence-electron chi connectivity index (χ4n) is 2.06. The number of nitrogens with one attached hydrogen (secondary N) is 3. The summed E-state index contributed by atoms with van der Waals surface area (Å²) in [6, 6.07) is 0.431. The van der Waals surface area contributed by atoms with Crippen molar-refractivity contribution in [1.29, 1.82) is 0 Å². The van der Waals surface area contributed by atoms with Gasteiger partial charge in [0.25, 0.3) is 0 Å². The lowest BCUT2D eigenvalue weighted by Gasteiger charge is -2.25. The van der Waals surface area contributed by atoms with Crippen LogP contribution in [-0.4, -0.2) is 34.6 Å². The predicted octanol–water partition coefficient (Wildman–Crippen LogP) is 1.43. The number of rotatable bonds is 3. The van der Waals surface area contributed by atoms with Crippen molar-refractivity contribution in [3.05, 3.63) is 6.20 Å². The number of anilines is 3. The molecule has 6 nitrogen and oxygen atoms in total. The van der Waals surface area contributed by atoms with Crippen molar-refractivity contribution in [2.45, 2.75) is 45.2 Å². The van der Waals surface area contributed by atoms with Gasteiger partial charge in [-0.05, 0) is 46.7 Å². The molecule has 5 N–H and O–H groups in total. The van der Waals surface area contributed by atoms with Gasteiger partial charge in [-0.15, -0.1) is 0 Å². The summed E-state index contributed by atoms with van der Waals surface area (Å²) in [7, 11) is 0. The Hall–Kier alpha value is -1.56. The van der Waals surface area contributed by atoms with Gasteiger partial charge in [0.2, 0.25) is 5.95 Å². The highest BCUT2D eigenvalue weighted by Crippen LogP contribution is 2.20. The number of hydrogen-bond acceptors (Lipinski definition) is 6. The van der Waals surface area contributed by atoms with Crippen LogP contribution in [0.5, 0.6) is 0 Å². The smallest absolute Gasteiger partial charge is 0.225 e. The van der Waals surface area contributed by atoms with Gasteiger partial charge in [0.15, 0.2) is 5.82 Å². The third-order valence-electron chi connectivity index (χ3n) is 2.98. The molecular weight excluding hydrogens is 240 g/mol. The Balaban J connectivity index is 2.08. The van der Waals surface area contributed by atoms with Crippen molar-refractivity contribution in [3.63, 3.8) is 0 Å². The molecule has 0 atom stereocenters. The summed E-state index contributed by atoms with van der Waals surface area (Å²) in [6.07, 6.45) is 3.83. The standard InChI is InChI=1S/C13H24N6/c1-13(2,3)19-12-16-8-10(14)11(18-12)17-9-4-6-15-7-5-9/h8-9,15H,4-7,14H2,1-3H3,(H2,16,17,18,19). The van der Waals surface area contributed by atoms with Crippen molar-refractivity contribution in [2.24, 2.45) is 0 Å². The first-order valence-electron chi connectivity index (χ1n) is 6.82. The lowest BCUT2D eigenvalue weighted by Crippen LogP contribution is -2.36. The van der Waals surface area contributed by atoms with Crippen molar-refractivity contribution in [3.8, 4) is 0 Å². The minimum Gasteiger partial charge on any atom is -0.394 e. The van der Waals surface area contributed by atoms with Crippen LogP contribution in [0.25, 0.3) is 0 Å². The van der Waals surface area contributed by atoms with Gasteiger partial charge in [0.1, 0.15) is 0 Å². The van der Waals surface area contributed by atoms with E-state index in [0.717, 1.165) is 31.7 Å². The van der Waals surface area contributed by atoms with E-state index in [1.54, 1.807) is 6.20 Å². The number of nitrogen functional groups attached to an aromatic ring is 1. The van der Waals surface area contributed by atoms with E-state index in [0.29, 0.717) is 17.7 Å². The first-order valence-corrected chi connectivity index (χ1v) is 6.82. The van der Waals surface area contributed by atoms with E-state index in [9.17, 15) is 0 Å². The second-order valence-corrected chi connectivity index (χ2v) is 6.04. The summed E-state index contributed by atoms with van der Waals surface area (Å²) < 4.78 is 0. The van der Waals surface area contributed by atoms with Crippen LogP contribution in [-0.2, 0) is 0 Å². The van der Waals surface area contributed by atoms with Crippen LogP contribution in [0.4, 0.5) is 17.5 Å². The molecule has 0 aromatic carbocycles. The monoisotopic (exact) mass is 264 g/mol. The molecule has 1 aromatic rings. The van der Waals surface area contributed by atoms with Crippen LogP contribution in [0.2, 0.25) is 0 Å². The number of nitrogens with zero attached hydrogens (tertiary/aromatic N) is 2. The SMILES string of the molecule is CC(C)(C)Nc1ncc(N)c(NC2CCNCC2)n1. The van der Waals surface area contributed by atoms with Crippen LogP contribution < -0.4 is 21.7 Å². The van der Waals surface area contributed by atoms with E-state index in [4.69, 9.17) is 5.73 Å². The maximum Gasteiger partial charge on any atom is 0.225 e. The van der Waals surface area contributed by atoms with E-state index >= 15 is 0 Å². The fraction of sp³-hybridized carbons (Fsp3) is 0.692. The van der Waals surface area contributed by atoms with Crippen LogP contribution in [0.1, 0.15) is 33.6 Å². The minimum absolute atomic E-state index is 0.0673. The third-order valence-corrected chi connectivity index (χ3v) is 2.98. The Morgan fingerprint density at radius 3 is 2.63 bits per heavy atom. The molecule has 0 radical (unpaired) electrons. The lowest BCUT2D eigenvalue weighted by atomic mass is 10.1. The molecule has 1 aliphatic rings. The summed E-state index contributed by atoms with van der Waals surface area (Å²) in [5.41, 5.74) is 6.47. The van der Waals surface area contributed by atoms with Gasteiger partial charge in [-0.1, -0.05) is 0 Å². The van der Waals surface area contributed by atoms with Gasteiger partial charge >= 0.3 is 0 Å². The lowest BCUT2D eigenvalue weighted by molar-refractivity contribution is 0.478. The summed E-state index contributed by atoms with van der Waals surface area (Å²) in [5.74, 6) is 1.34. The molecule has 2 rings (SSSR count). The number of piperidine rings is 1. The molecule has 1 fully saturated rings. The van der Waals surface area contributed by atoms with Gasteiger partial charge in [0, 0.05) is 11.6 Å². The third kappa shape index (κ3) is 4.24. The van der Waals surface area contributed by atoms with E-state index in [1.807, 2.05) is 0 Å². The van der Waals surface area contributed by atoms with Gasteiger partial charge in [-0.2, -0.15) is 4.98 Å². The molecule has 1 aromatic heterocycles. The number of nitrogens with two attached hydrogens (primary N) is 1. The van der Waals surface area contributed by atoms with Crippen LogP contribution in [0.15, 0.2) is 6.20 Å². The number of hydrogen-bond donors (Lipinski definition) is 4. The highest BCUT2D eigenvalue weighted by molar-refractivity contribution is 5.62. The molecule has 19 heavy (non-hydrogen) atoms. The Kier molecular flexibility index (Phi) is 4.09. The van der Waals surface area contributed by atoms with Gasteiger partial charge in [0.05, 0.1) is 11.9 Å². The summed E-state index contributed by atoms with van der Waals surface area (Å²) >= 11 is 0. The molecule has 0 saturated carbocycles. The van der Waals surface area contributed by atoms with Crippen molar-refractivity contribution in [2.75, 3.05) is 29.5 Å². The second kappa shape index (κ2) is 5.61.